The van der Waals surface area contributed by atoms with Crippen LogP contribution in [0.3, 0.4) is 0 Å². The van der Waals surface area contributed by atoms with E-state index < -0.39 is 0 Å². The molecule has 0 amide bonds. The molecule has 9 aromatic rings. The number of hydrogen-bond donors (Lipinski definition) is 0. The summed E-state index contributed by atoms with van der Waals surface area (Å²) in [5, 5.41) is 5.81. The van der Waals surface area contributed by atoms with Crippen molar-refractivity contribution in [3.8, 4) is 39.5 Å². The molecular formula is C46H33N3S. The highest BCUT2D eigenvalue weighted by atomic mass is 32.1. The number of nitrogens with zero attached hydrogens (tertiary/aromatic N) is 3. The van der Waals surface area contributed by atoms with Crippen molar-refractivity contribution in [3.63, 3.8) is 0 Å². The zero-order valence-electron chi connectivity index (χ0n) is 28.2. The number of fused-ring (bicyclic) bond motifs is 8. The van der Waals surface area contributed by atoms with Crippen molar-refractivity contribution in [2.24, 2.45) is 0 Å². The van der Waals surface area contributed by atoms with Crippen molar-refractivity contribution in [1.82, 2.24) is 14.5 Å². The van der Waals surface area contributed by atoms with Crippen LogP contribution in [0.15, 0.2) is 134 Å². The molecule has 0 spiro atoms. The fourth-order valence-electron chi connectivity index (χ4n) is 8.33. The molecular weight excluding hydrogens is 627 g/mol. The molecule has 0 fully saturated rings. The van der Waals surface area contributed by atoms with Crippen LogP contribution in [0.4, 0.5) is 0 Å². The Morgan fingerprint density at radius 3 is 2.20 bits per heavy atom. The van der Waals surface area contributed by atoms with Crippen LogP contribution in [-0.4, -0.2) is 14.5 Å². The number of aromatic nitrogens is 3. The zero-order chi connectivity index (χ0) is 33.7. The number of rotatable bonds is 4. The molecule has 1 aliphatic carbocycles. The Bertz CT molecular complexity index is 2890. The maximum absolute atomic E-state index is 5.56. The van der Waals surface area contributed by atoms with E-state index >= 15 is 0 Å². The van der Waals surface area contributed by atoms with E-state index in [0.29, 0.717) is 5.95 Å². The van der Waals surface area contributed by atoms with Gasteiger partial charge in [-0.2, -0.15) is 0 Å². The first-order valence-corrected chi connectivity index (χ1v) is 17.9. The van der Waals surface area contributed by atoms with E-state index in [4.69, 9.17) is 9.97 Å². The van der Waals surface area contributed by atoms with Crippen molar-refractivity contribution >= 4 is 59.4 Å². The van der Waals surface area contributed by atoms with E-state index in [2.05, 4.69) is 159 Å². The van der Waals surface area contributed by atoms with Gasteiger partial charge < -0.3 is 0 Å². The van der Waals surface area contributed by atoms with Gasteiger partial charge >= 0.3 is 0 Å². The molecule has 3 aromatic heterocycles. The number of hydrogen-bond acceptors (Lipinski definition) is 3. The van der Waals surface area contributed by atoms with Gasteiger partial charge in [-0.15, -0.1) is 11.3 Å². The third kappa shape index (κ3) is 4.03. The summed E-state index contributed by atoms with van der Waals surface area (Å²) in [4.78, 5) is 11.9. The Morgan fingerprint density at radius 2 is 1.38 bits per heavy atom. The molecule has 0 atom stereocenters. The lowest BCUT2D eigenvalue weighted by Crippen LogP contribution is -2.14. The van der Waals surface area contributed by atoms with Gasteiger partial charge in [0.1, 0.15) is 4.83 Å². The highest BCUT2D eigenvalue weighted by Gasteiger charge is 2.35. The average molecular weight is 660 g/mol. The highest BCUT2D eigenvalue weighted by Crippen LogP contribution is 2.50. The molecule has 0 N–H and O–H groups in total. The fourth-order valence-corrected chi connectivity index (χ4v) is 9.40. The Balaban J connectivity index is 1.32. The summed E-state index contributed by atoms with van der Waals surface area (Å²) in [5.41, 5.74) is 12.9. The lowest BCUT2D eigenvalue weighted by Gasteiger charge is -2.21. The summed E-state index contributed by atoms with van der Waals surface area (Å²) in [6, 6.07) is 46.1. The van der Waals surface area contributed by atoms with Crippen LogP contribution >= 0.6 is 11.3 Å². The van der Waals surface area contributed by atoms with E-state index in [9.17, 15) is 0 Å². The van der Waals surface area contributed by atoms with Crippen LogP contribution in [0.2, 0.25) is 0 Å². The Labute approximate surface area is 294 Å². The number of thiophene rings is 1. The fraction of sp³-hybridized carbons (Fsp3) is 0.0870. The minimum absolute atomic E-state index is 0.0661. The summed E-state index contributed by atoms with van der Waals surface area (Å²) in [5.74, 6) is 0.648. The Kier molecular flexibility index (Phi) is 6.16. The normalized spacial score (nSPS) is 13.3. The van der Waals surface area contributed by atoms with Crippen LogP contribution in [0.25, 0.3) is 87.5 Å². The van der Waals surface area contributed by atoms with E-state index in [1.165, 1.54) is 54.2 Å². The van der Waals surface area contributed by atoms with Crippen LogP contribution in [-0.2, 0) is 5.41 Å². The molecule has 10 rings (SSSR count). The quantitative estimate of drug-likeness (QED) is 0.188. The van der Waals surface area contributed by atoms with Crippen LogP contribution in [0, 0.1) is 6.92 Å². The SMILES string of the molecule is C=Cc1c(-c2ccccc2C)c2cc3ccccc3cc2n1-c1nc(-c2ccc3c(c2)-c2ccccc2C3(C)C)c2c(n1)sc1ccccc12. The molecule has 0 aliphatic heterocycles. The van der Waals surface area contributed by atoms with Crippen LogP contribution < -0.4 is 0 Å². The molecule has 3 nitrogen and oxygen atoms in total. The zero-order valence-corrected chi connectivity index (χ0v) is 29.0. The lowest BCUT2D eigenvalue weighted by atomic mass is 9.82. The van der Waals surface area contributed by atoms with Gasteiger partial charge in [0.05, 0.1) is 16.9 Å². The van der Waals surface area contributed by atoms with Crippen molar-refractivity contribution in [2.75, 3.05) is 0 Å². The second kappa shape index (κ2) is 10.6. The first-order chi connectivity index (χ1) is 24.4. The monoisotopic (exact) mass is 659 g/mol. The largest absolute Gasteiger partial charge is 0.278 e. The molecule has 238 valence electrons. The molecule has 0 saturated heterocycles. The van der Waals surface area contributed by atoms with E-state index in [0.717, 1.165) is 43.6 Å². The third-order valence-electron chi connectivity index (χ3n) is 10.8. The molecule has 4 heteroatoms. The third-order valence-corrected chi connectivity index (χ3v) is 11.8. The van der Waals surface area contributed by atoms with E-state index in [1.807, 2.05) is 6.08 Å². The number of benzene rings is 6. The van der Waals surface area contributed by atoms with Gasteiger partial charge in [0.25, 0.3) is 0 Å². The predicted octanol–water partition coefficient (Wildman–Crippen LogP) is 12.5. The van der Waals surface area contributed by atoms with Gasteiger partial charge in [-0.05, 0) is 81.4 Å². The summed E-state index contributed by atoms with van der Waals surface area (Å²) < 4.78 is 3.44. The van der Waals surface area contributed by atoms with Gasteiger partial charge in [-0.1, -0.05) is 124 Å². The highest BCUT2D eigenvalue weighted by molar-refractivity contribution is 7.25. The van der Waals surface area contributed by atoms with Gasteiger partial charge in [-0.25, -0.2) is 9.97 Å². The molecule has 0 unspecified atom stereocenters. The maximum Gasteiger partial charge on any atom is 0.236 e. The Morgan fingerprint density at radius 1 is 0.680 bits per heavy atom. The standard InChI is InChI=1S/C46H33N3S/c1-5-38-41(31-17-9-6-14-27(31)2)35-24-28-15-7-8-16-29(28)26-39(35)49(38)45-47-43(42-33-19-11-13-21-40(33)50-44(42)48-45)30-22-23-37-34(25-30)32-18-10-12-20-36(32)46(37,3)4/h5-26H,1H2,2-4H3. The molecule has 6 aromatic carbocycles. The lowest BCUT2D eigenvalue weighted by molar-refractivity contribution is 0.660. The Hall–Kier alpha value is -5.84. The summed E-state index contributed by atoms with van der Waals surface area (Å²) in [7, 11) is 0. The smallest absolute Gasteiger partial charge is 0.236 e. The second-order valence-electron chi connectivity index (χ2n) is 13.9. The average Bonchev–Trinajstić information content (AvgIpc) is 3.75. The van der Waals surface area contributed by atoms with Gasteiger partial charge in [0.2, 0.25) is 5.95 Å². The predicted molar refractivity (Wildman–Crippen MR) is 213 cm³/mol. The van der Waals surface area contributed by atoms with E-state index in [1.54, 1.807) is 11.3 Å². The molecule has 0 bridgehead atoms. The molecule has 50 heavy (non-hydrogen) atoms. The van der Waals surface area contributed by atoms with E-state index in [-0.39, 0.29) is 5.41 Å². The molecule has 0 saturated carbocycles. The van der Waals surface area contributed by atoms with Crippen molar-refractivity contribution in [1.29, 1.82) is 0 Å². The first kappa shape index (κ1) is 29.1. The van der Waals surface area contributed by atoms with Crippen molar-refractivity contribution in [3.05, 3.63) is 156 Å². The molecule has 0 radical (unpaired) electrons. The first-order valence-electron chi connectivity index (χ1n) is 17.1. The second-order valence-corrected chi connectivity index (χ2v) is 14.9. The number of aryl methyl sites for hydroxylation is 1. The van der Waals surface area contributed by atoms with Crippen LogP contribution in [0.5, 0.6) is 0 Å². The van der Waals surface area contributed by atoms with Crippen molar-refractivity contribution < 1.29 is 0 Å². The summed E-state index contributed by atoms with van der Waals surface area (Å²) in [6.07, 6.45) is 1.97. The summed E-state index contributed by atoms with van der Waals surface area (Å²) in [6.45, 7) is 11.2. The maximum atomic E-state index is 5.56. The molecule has 3 heterocycles. The summed E-state index contributed by atoms with van der Waals surface area (Å²) >= 11 is 1.73. The minimum Gasteiger partial charge on any atom is -0.278 e. The van der Waals surface area contributed by atoms with Crippen molar-refractivity contribution in [2.45, 2.75) is 26.2 Å². The van der Waals surface area contributed by atoms with Crippen LogP contribution in [0.1, 0.15) is 36.2 Å². The topological polar surface area (TPSA) is 30.7 Å². The van der Waals surface area contributed by atoms with Gasteiger partial charge in [-0.3, -0.25) is 4.57 Å². The van der Waals surface area contributed by atoms with Gasteiger partial charge in [0, 0.05) is 37.4 Å². The molecule has 1 aliphatic rings. The van der Waals surface area contributed by atoms with Gasteiger partial charge in [0.15, 0.2) is 0 Å². The minimum atomic E-state index is -0.0661.